The average Bonchev–Trinajstić information content (AvgIpc) is 3.20. The minimum Gasteiger partial charge on any atom is -0.494 e. The highest BCUT2D eigenvalue weighted by molar-refractivity contribution is 5.26. The molecule has 10 atom stereocenters. The molecule has 0 aromatic carbocycles. The first-order valence-corrected chi connectivity index (χ1v) is 12.9. The molecule has 0 spiro atoms. The summed E-state index contributed by atoms with van der Waals surface area (Å²) in [5.74, 6) is 5.49. The van der Waals surface area contributed by atoms with Gasteiger partial charge in [-0.25, -0.2) is 0 Å². The molecule has 0 aromatic heterocycles. The summed E-state index contributed by atoms with van der Waals surface area (Å²) in [6.45, 7) is 9.94. The Hall–Kier alpha value is -0.540. The summed E-state index contributed by atoms with van der Waals surface area (Å²) in [5.41, 5.74) is 2.39. The lowest BCUT2D eigenvalue weighted by Crippen LogP contribution is -2.54. The summed E-state index contributed by atoms with van der Waals surface area (Å²) in [7, 11) is 0. The average molecular weight is 417 g/mol. The van der Waals surface area contributed by atoms with Crippen LogP contribution in [0.25, 0.3) is 0 Å². The summed E-state index contributed by atoms with van der Waals surface area (Å²) < 4.78 is 6.64. The second-order valence-electron chi connectivity index (χ2n) is 12.4. The first kappa shape index (κ1) is 21.3. The number of aliphatic hydroxyl groups excluding tert-OH is 2. The van der Waals surface area contributed by atoms with Gasteiger partial charge in [0.05, 0.1) is 11.9 Å². The van der Waals surface area contributed by atoms with E-state index < -0.39 is 0 Å². The Balaban J connectivity index is 1.36. The molecule has 4 saturated carbocycles. The van der Waals surface area contributed by atoms with Crippen LogP contribution in [0.2, 0.25) is 0 Å². The van der Waals surface area contributed by atoms with Gasteiger partial charge in [0.15, 0.2) is 0 Å². The predicted molar refractivity (Wildman–Crippen MR) is 120 cm³/mol. The van der Waals surface area contributed by atoms with Crippen molar-refractivity contribution in [2.45, 2.75) is 104 Å². The van der Waals surface area contributed by atoms with Crippen molar-refractivity contribution in [2.75, 3.05) is 6.61 Å². The minimum atomic E-state index is -0.0486. The summed E-state index contributed by atoms with van der Waals surface area (Å²) in [5, 5.41) is 19.7. The molecule has 4 aliphatic carbocycles. The minimum absolute atomic E-state index is 0.0486. The fourth-order valence-corrected chi connectivity index (χ4v) is 9.29. The van der Waals surface area contributed by atoms with Crippen LogP contribution in [0.1, 0.15) is 91.9 Å². The Morgan fingerprint density at radius 3 is 2.57 bits per heavy atom. The maximum atomic E-state index is 10.3. The monoisotopic (exact) mass is 416 g/mol. The van der Waals surface area contributed by atoms with Gasteiger partial charge in [-0.15, -0.1) is 0 Å². The van der Waals surface area contributed by atoms with Crippen LogP contribution in [0.3, 0.4) is 0 Å². The zero-order chi connectivity index (χ0) is 21.3. The lowest BCUT2D eigenvalue weighted by molar-refractivity contribution is -0.124. The number of rotatable bonds is 4. The van der Waals surface area contributed by atoms with E-state index in [0.717, 1.165) is 49.4 Å². The number of hydrogen-bond acceptors (Lipinski definition) is 3. The number of aliphatic hydroxyl groups is 2. The van der Waals surface area contributed by atoms with Crippen LogP contribution >= 0.6 is 0 Å². The number of allylic oxidation sites excluding steroid dienone is 1. The predicted octanol–water partition coefficient (Wildman–Crippen LogP) is 5.70. The van der Waals surface area contributed by atoms with E-state index in [-0.39, 0.29) is 12.7 Å². The Morgan fingerprint density at radius 2 is 1.80 bits per heavy atom. The van der Waals surface area contributed by atoms with Gasteiger partial charge >= 0.3 is 0 Å². The smallest absolute Gasteiger partial charge is 0.106 e. The van der Waals surface area contributed by atoms with Crippen molar-refractivity contribution in [2.24, 2.45) is 46.3 Å². The van der Waals surface area contributed by atoms with Crippen LogP contribution in [0.5, 0.6) is 0 Å². The molecule has 0 aromatic rings. The van der Waals surface area contributed by atoms with Crippen molar-refractivity contribution in [3.05, 3.63) is 11.3 Å². The van der Waals surface area contributed by atoms with Crippen molar-refractivity contribution in [1.29, 1.82) is 0 Å². The highest BCUT2D eigenvalue weighted by atomic mass is 16.5. The fraction of sp³-hybridized carbons (Fsp3) is 0.926. The second-order valence-corrected chi connectivity index (χ2v) is 12.4. The van der Waals surface area contributed by atoms with Crippen LogP contribution < -0.4 is 0 Å². The molecule has 3 nitrogen and oxygen atoms in total. The third-order valence-corrected chi connectivity index (χ3v) is 11.0. The molecular weight excluding hydrogens is 372 g/mol. The van der Waals surface area contributed by atoms with Crippen LogP contribution in [0.15, 0.2) is 11.3 Å². The van der Waals surface area contributed by atoms with E-state index in [1.165, 1.54) is 49.9 Å². The third kappa shape index (κ3) is 3.04. The molecule has 0 amide bonds. The first-order valence-electron chi connectivity index (χ1n) is 12.9. The molecule has 30 heavy (non-hydrogen) atoms. The van der Waals surface area contributed by atoms with Gasteiger partial charge < -0.3 is 14.9 Å². The number of fused-ring (bicyclic) bond motifs is 7. The number of ether oxygens (including phenoxy) is 1. The number of hydrogen-bond donors (Lipinski definition) is 2. The molecule has 1 heterocycles. The molecule has 4 fully saturated rings. The van der Waals surface area contributed by atoms with E-state index in [1.807, 2.05) is 0 Å². The fourth-order valence-electron chi connectivity index (χ4n) is 9.29. The van der Waals surface area contributed by atoms with E-state index in [1.54, 1.807) is 0 Å². The standard InChI is InChI=1S/C27H44O3/c1-16(15-28)5-8-23-17(2)25-24(30-23)14-22-20-7-6-18-13-19(29)9-11-26(18,3)21(20)10-12-27(22,25)4/h16,18-22,24-25,28-29H,5-15H2,1-4H3/t16-,18-,19-,20+,21-,22-,24-,25-,26-,27-/m0/s1. The van der Waals surface area contributed by atoms with Crippen LogP contribution in [-0.2, 0) is 4.74 Å². The van der Waals surface area contributed by atoms with Gasteiger partial charge in [0.2, 0.25) is 0 Å². The molecule has 3 heteroatoms. The lowest BCUT2D eigenvalue weighted by atomic mass is 9.44. The highest BCUT2D eigenvalue weighted by Crippen LogP contribution is 2.69. The highest BCUT2D eigenvalue weighted by Gasteiger charge is 2.64. The van der Waals surface area contributed by atoms with Crippen molar-refractivity contribution < 1.29 is 14.9 Å². The van der Waals surface area contributed by atoms with E-state index in [0.29, 0.717) is 28.8 Å². The van der Waals surface area contributed by atoms with E-state index in [9.17, 15) is 10.2 Å². The van der Waals surface area contributed by atoms with Gasteiger partial charge in [-0.1, -0.05) is 20.8 Å². The Bertz CT molecular complexity index is 700. The van der Waals surface area contributed by atoms with E-state index >= 15 is 0 Å². The van der Waals surface area contributed by atoms with Gasteiger partial charge in [-0.2, -0.15) is 0 Å². The summed E-state index contributed by atoms with van der Waals surface area (Å²) in [6, 6.07) is 0. The van der Waals surface area contributed by atoms with E-state index in [2.05, 4.69) is 27.7 Å². The van der Waals surface area contributed by atoms with Gasteiger partial charge in [-0.3, -0.25) is 0 Å². The lowest BCUT2D eigenvalue weighted by Gasteiger charge is -2.60. The van der Waals surface area contributed by atoms with Crippen molar-refractivity contribution in [3.63, 3.8) is 0 Å². The van der Waals surface area contributed by atoms with Crippen molar-refractivity contribution >= 4 is 0 Å². The molecule has 2 N–H and O–H groups in total. The largest absolute Gasteiger partial charge is 0.494 e. The van der Waals surface area contributed by atoms with Gasteiger partial charge in [-0.05, 0) is 111 Å². The zero-order valence-corrected chi connectivity index (χ0v) is 19.7. The summed E-state index contributed by atoms with van der Waals surface area (Å²) >= 11 is 0. The maximum Gasteiger partial charge on any atom is 0.106 e. The Kier molecular flexibility index (Phi) is 5.33. The molecule has 0 radical (unpaired) electrons. The van der Waals surface area contributed by atoms with E-state index in [4.69, 9.17) is 4.74 Å². The molecule has 5 aliphatic rings. The van der Waals surface area contributed by atoms with Gasteiger partial charge in [0.25, 0.3) is 0 Å². The SMILES string of the molecule is CC1=C(CC[C@H](C)CO)O[C@H]2C[C@H]3[C@@H]4CC[C@H]5C[C@@H](O)CC[C@]5(C)[C@H]4CC[C@]3(C)[C@@H]12. The Morgan fingerprint density at radius 1 is 1.03 bits per heavy atom. The zero-order valence-electron chi connectivity index (χ0n) is 19.7. The van der Waals surface area contributed by atoms with Crippen LogP contribution in [-0.4, -0.2) is 29.0 Å². The van der Waals surface area contributed by atoms with Crippen molar-refractivity contribution in [1.82, 2.24) is 0 Å². The maximum absolute atomic E-state index is 10.3. The summed E-state index contributed by atoms with van der Waals surface area (Å²) in [4.78, 5) is 0. The molecule has 170 valence electrons. The molecule has 0 unspecified atom stereocenters. The van der Waals surface area contributed by atoms with Crippen LogP contribution in [0, 0.1) is 46.3 Å². The Labute approximate surface area is 183 Å². The van der Waals surface area contributed by atoms with Gasteiger partial charge in [0.1, 0.15) is 6.10 Å². The normalized spacial score (nSPS) is 50.9. The van der Waals surface area contributed by atoms with Gasteiger partial charge in [0, 0.05) is 18.9 Å². The molecule has 5 rings (SSSR count). The molecule has 0 bridgehead atoms. The molecule has 0 saturated heterocycles. The quantitative estimate of drug-likeness (QED) is 0.618. The summed E-state index contributed by atoms with van der Waals surface area (Å²) in [6.07, 6.45) is 12.4. The third-order valence-electron chi connectivity index (χ3n) is 11.0. The van der Waals surface area contributed by atoms with Crippen LogP contribution in [0.4, 0.5) is 0 Å². The first-order chi connectivity index (χ1) is 14.3. The molecular formula is C27H44O3. The topological polar surface area (TPSA) is 49.7 Å². The van der Waals surface area contributed by atoms with Crippen molar-refractivity contribution in [3.8, 4) is 0 Å². The second kappa shape index (κ2) is 7.51. The molecule has 1 aliphatic heterocycles.